The van der Waals surface area contributed by atoms with Gasteiger partial charge in [-0.25, -0.2) is 4.79 Å². The first-order chi connectivity index (χ1) is 10.2. The van der Waals surface area contributed by atoms with Crippen LogP contribution < -0.4 is 5.73 Å². The third-order valence-corrected chi connectivity index (χ3v) is 4.37. The summed E-state index contributed by atoms with van der Waals surface area (Å²) in [4.78, 5) is 14.3. The number of hydrogen-bond donors (Lipinski definition) is 1. The monoisotopic (exact) mass is 290 g/mol. The van der Waals surface area contributed by atoms with E-state index < -0.39 is 0 Å². The molecule has 1 saturated heterocycles. The summed E-state index contributed by atoms with van der Waals surface area (Å²) in [6, 6.07) is 5.63. The first kappa shape index (κ1) is 15.8. The third kappa shape index (κ3) is 3.97. The Hall–Kier alpha value is -1.55. The lowest BCUT2D eigenvalue weighted by Gasteiger charge is -2.32. The normalized spacial score (nSPS) is 16.9. The fraction of sp³-hybridized carbons (Fsp3) is 0.588. The predicted octanol–water partition coefficient (Wildman–Crippen LogP) is 3.07. The van der Waals surface area contributed by atoms with Crippen molar-refractivity contribution in [2.75, 3.05) is 25.9 Å². The minimum absolute atomic E-state index is 0.344. The quantitative estimate of drug-likeness (QED) is 0.669. The van der Waals surface area contributed by atoms with Crippen molar-refractivity contribution in [2.24, 2.45) is 5.92 Å². The lowest BCUT2D eigenvalue weighted by molar-refractivity contribution is 0.0598. The topological polar surface area (TPSA) is 55.6 Å². The Balaban J connectivity index is 2.04. The summed E-state index contributed by atoms with van der Waals surface area (Å²) in [6.45, 7) is 5.22. The minimum Gasteiger partial charge on any atom is -0.465 e. The highest BCUT2D eigenvalue weighted by molar-refractivity contribution is 5.96. The molecule has 21 heavy (non-hydrogen) atoms. The van der Waals surface area contributed by atoms with Gasteiger partial charge in [-0.2, -0.15) is 0 Å². The summed E-state index contributed by atoms with van der Waals surface area (Å²) in [7, 11) is 1.40. The van der Waals surface area contributed by atoms with Gasteiger partial charge in [-0.05, 0) is 43.5 Å². The van der Waals surface area contributed by atoms with E-state index >= 15 is 0 Å². The van der Waals surface area contributed by atoms with E-state index in [1.165, 1.54) is 32.8 Å². The SMILES string of the molecule is CCCC1CCN(Cc2cccc(N)c2C(=O)OC)CC1. The Kier molecular flexibility index (Phi) is 5.62. The van der Waals surface area contributed by atoms with E-state index in [-0.39, 0.29) is 5.97 Å². The molecule has 2 N–H and O–H groups in total. The number of hydrogen-bond acceptors (Lipinski definition) is 4. The van der Waals surface area contributed by atoms with E-state index in [2.05, 4.69) is 11.8 Å². The van der Waals surface area contributed by atoms with Crippen LogP contribution in [0.15, 0.2) is 18.2 Å². The fourth-order valence-electron chi connectivity index (χ4n) is 3.19. The van der Waals surface area contributed by atoms with Crippen LogP contribution in [0.4, 0.5) is 5.69 Å². The molecule has 2 rings (SSSR count). The van der Waals surface area contributed by atoms with Crippen LogP contribution >= 0.6 is 0 Å². The first-order valence-corrected chi connectivity index (χ1v) is 7.83. The molecule has 0 saturated carbocycles. The lowest BCUT2D eigenvalue weighted by Crippen LogP contribution is -2.33. The van der Waals surface area contributed by atoms with Gasteiger partial charge in [0.15, 0.2) is 0 Å². The van der Waals surface area contributed by atoms with E-state index in [4.69, 9.17) is 10.5 Å². The number of carbonyl (C=O) groups excluding carboxylic acids is 1. The molecule has 4 heteroatoms. The number of likely N-dealkylation sites (tertiary alicyclic amines) is 1. The molecule has 0 unspecified atom stereocenters. The van der Waals surface area contributed by atoms with Crippen molar-refractivity contribution in [2.45, 2.75) is 39.2 Å². The zero-order chi connectivity index (χ0) is 15.2. The summed E-state index contributed by atoms with van der Waals surface area (Å²) in [5.74, 6) is 0.524. The molecule has 1 aromatic rings. The van der Waals surface area contributed by atoms with Gasteiger partial charge in [0, 0.05) is 12.2 Å². The third-order valence-electron chi connectivity index (χ3n) is 4.37. The summed E-state index contributed by atoms with van der Waals surface area (Å²) in [5.41, 5.74) is 7.94. The smallest absolute Gasteiger partial charge is 0.340 e. The summed E-state index contributed by atoms with van der Waals surface area (Å²) >= 11 is 0. The largest absolute Gasteiger partial charge is 0.465 e. The number of methoxy groups -OCH3 is 1. The Morgan fingerprint density at radius 1 is 1.38 bits per heavy atom. The highest BCUT2D eigenvalue weighted by Gasteiger charge is 2.21. The number of ether oxygens (including phenoxy) is 1. The number of benzene rings is 1. The van der Waals surface area contributed by atoms with Crippen LogP contribution in [-0.2, 0) is 11.3 Å². The van der Waals surface area contributed by atoms with Crippen molar-refractivity contribution in [1.82, 2.24) is 4.90 Å². The van der Waals surface area contributed by atoms with Crippen molar-refractivity contribution in [3.05, 3.63) is 29.3 Å². The van der Waals surface area contributed by atoms with E-state index in [0.29, 0.717) is 11.3 Å². The Bertz CT molecular complexity index is 480. The number of nitrogens with zero attached hydrogens (tertiary/aromatic N) is 1. The Morgan fingerprint density at radius 3 is 2.71 bits per heavy atom. The molecule has 0 bridgehead atoms. The highest BCUT2D eigenvalue weighted by Crippen LogP contribution is 2.25. The Morgan fingerprint density at radius 2 is 2.10 bits per heavy atom. The van der Waals surface area contributed by atoms with Gasteiger partial charge in [-0.3, -0.25) is 4.90 Å². The zero-order valence-electron chi connectivity index (χ0n) is 13.1. The number of anilines is 1. The molecule has 0 aliphatic carbocycles. The molecule has 1 aliphatic heterocycles. The highest BCUT2D eigenvalue weighted by atomic mass is 16.5. The van der Waals surface area contributed by atoms with Crippen molar-refractivity contribution in [3.63, 3.8) is 0 Å². The van der Waals surface area contributed by atoms with Crippen LogP contribution in [0, 0.1) is 5.92 Å². The second kappa shape index (κ2) is 7.46. The van der Waals surface area contributed by atoms with E-state index in [1.54, 1.807) is 6.07 Å². The van der Waals surface area contributed by atoms with Gasteiger partial charge in [0.05, 0.1) is 12.7 Å². The van der Waals surface area contributed by atoms with Gasteiger partial charge in [-0.1, -0.05) is 31.9 Å². The molecular weight excluding hydrogens is 264 g/mol. The van der Waals surface area contributed by atoms with Crippen LogP contribution in [0.3, 0.4) is 0 Å². The molecule has 1 fully saturated rings. The van der Waals surface area contributed by atoms with Crippen LogP contribution in [0.1, 0.15) is 48.5 Å². The molecule has 0 amide bonds. The molecule has 4 nitrogen and oxygen atoms in total. The lowest BCUT2D eigenvalue weighted by atomic mass is 9.92. The van der Waals surface area contributed by atoms with Crippen molar-refractivity contribution < 1.29 is 9.53 Å². The number of nitrogen functional groups attached to an aromatic ring is 1. The van der Waals surface area contributed by atoms with Crippen LogP contribution in [0.2, 0.25) is 0 Å². The summed E-state index contributed by atoms with van der Waals surface area (Å²) in [6.07, 6.45) is 5.11. The standard InChI is InChI=1S/C17H26N2O2/c1-3-5-13-8-10-19(11-9-13)12-14-6-4-7-15(18)16(14)17(20)21-2/h4,6-7,13H,3,5,8-12,18H2,1-2H3. The molecule has 1 aromatic carbocycles. The van der Waals surface area contributed by atoms with Gasteiger partial charge < -0.3 is 10.5 Å². The van der Waals surface area contributed by atoms with Gasteiger partial charge in [0.2, 0.25) is 0 Å². The van der Waals surface area contributed by atoms with Crippen LogP contribution in [0.5, 0.6) is 0 Å². The maximum absolute atomic E-state index is 11.9. The van der Waals surface area contributed by atoms with Crippen LogP contribution in [-0.4, -0.2) is 31.1 Å². The maximum atomic E-state index is 11.9. The fourth-order valence-corrected chi connectivity index (χ4v) is 3.19. The average molecular weight is 290 g/mol. The predicted molar refractivity (Wildman–Crippen MR) is 85.1 cm³/mol. The van der Waals surface area contributed by atoms with Gasteiger partial charge >= 0.3 is 5.97 Å². The summed E-state index contributed by atoms with van der Waals surface area (Å²) in [5, 5.41) is 0. The molecule has 116 valence electrons. The minimum atomic E-state index is -0.344. The summed E-state index contributed by atoms with van der Waals surface area (Å²) < 4.78 is 4.86. The van der Waals surface area contributed by atoms with E-state index in [0.717, 1.165) is 31.1 Å². The second-order valence-corrected chi connectivity index (χ2v) is 5.88. The number of nitrogens with two attached hydrogens (primary N) is 1. The molecule has 0 atom stereocenters. The van der Waals surface area contributed by atoms with Gasteiger partial charge in [0.1, 0.15) is 0 Å². The van der Waals surface area contributed by atoms with Crippen molar-refractivity contribution in [3.8, 4) is 0 Å². The number of esters is 1. The second-order valence-electron chi connectivity index (χ2n) is 5.88. The molecule has 0 spiro atoms. The zero-order valence-corrected chi connectivity index (χ0v) is 13.1. The Labute approximate surface area is 127 Å². The van der Waals surface area contributed by atoms with E-state index in [9.17, 15) is 4.79 Å². The number of rotatable bonds is 5. The molecule has 0 aromatic heterocycles. The molecular formula is C17H26N2O2. The van der Waals surface area contributed by atoms with Crippen molar-refractivity contribution in [1.29, 1.82) is 0 Å². The maximum Gasteiger partial charge on any atom is 0.340 e. The van der Waals surface area contributed by atoms with Crippen molar-refractivity contribution >= 4 is 11.7 Å². The van der Waals surface area contributed by atoms with Gasteiger partial charge in [0.25, 0.3) is 0 Å². The van der Waals surface area contributed by atoms with E-state index in [1.807, 2.05) is 12.1 Å². The molecule has 1 aliphatic rings. The number of carbonyl (C=O) groups is 1. The average Bonchev–Trinajstić information content (AvgIpc) is 2.49. The number of piperidine rings is 1. The van der Waals surface area contributed by atoms with Gasteiger partial charge in [-0.15, -0.1) is 0 Å². The first-order valence-electron chi connectivity index (χ1n) is 7.83. The molecule has 0 radical (unpaired) electrons. The van der Waals surface area contributed by atoms with Crippen LogP contribution in [0.25, 0.3) is 0 Å². The molecule has 1 heterocycles.